The van der Waals surface area contributed by atoms with E-state index in [9.17, 15) is 4.79 Å². The minimum atomic E-state index is -0.926. The fourth-order valence-electron chi connectivity index (χ4n) is 1.15. The van der Waals surface area contributed by atoms with Crippen molar-refractivity contribution in [2.75, 3.05) is 0 Å². The fourth-order valence-corrected chi connectivity index (χ4v) is 3.58. The summed E-state index contributed by atoms with van der Waals surface area (Å²) in [6.45, 7) is 0. The Morgan fingerprint density at radius 3 is 2.71 bits per heavy atom. The van der Waals surface area contributed by atoms with Gasteiger partial charge in [0, 0.05) is 15.3 Å². The van der Waals surface area contributed by atoms with E-state index in [4.69, 9.17) is 28.3 Å². The molecular weight excluding hydrogens is 299 g/mol. The molecule has 17 heavy (non-hydrogen) atoms. The molecule has 0 unspecified atom stereocenters. The maximum Gasteiger partial charge on any atom is 0.336 e. The number of rotatable bonds is 3. The highest BCUT2D eigenvalue weighted by Gasteiger charge is 2.09. The van der Waals surface area contributed by atoms with E-state index in [1.54, 1.807) is 29.6 Å². The largest absolute Gasteiger partial charge is 0.478 e. The Labute approximate surface area is 116 Å². The molecular formula is C11H6Cl2O2S2. The van der Waals surface area contributed by atoms with E-state index >= 15 is 0 Å². The molecule has 2 aromatic rings. The van der Waals surface area contributed by atoms with E-state index in [1.165, 1.54) is 23.1 Å². The van der Waals surface area contributed by atoms with Crippen LogP contribution in [0.2, 0.25) is 10.0 Å². The molecule has 0 aliphatic rings. The van der Waals surface area contributed by atoms with Crippen LogP contribution in [0.5, 0.6) is 0 Å². The monoisotopic (exact) mass is 304 g/mol. The van der Waals surface area contributed by atoms with Crippen LogP contribution in [0, 0.1) is 0 Å². The second-order valence-electron chi connectivity index (χ2n) is 3.14. The first kappa shape index (κ1) is 12.8. The van der Waals surface area contributed by atoms with Gasteiger partial charge >= 0.3 is 5.97 Å². The summed E-state index contributed by atoms with van der Waals surface area (Å²) in [7, 11) is 0. The molecule has 0 fully saturated rings. The molecule has 1 aromatic carbocycles. The summed E-state index contributed by atoms with van der Waals surface area (Å²) in [6, 6.07) is 6.81. The highest BCUT2D eigenvalue weighted by atomic mass is 35.5. The summed E-state index contributed by atoms with van der Waals surface area (Å²) in [5, 5.41) is 11.6. The molecule has 88 valence electrons. The first-order valence-electron chi connectivity index (χ1n) is 4.51. The van der Waals surface area contributed by atoms with Gasteiger partial charge in [0.15, 0.2) is 0 Å². The zero-order chi connectivity index (χ0) is 12.4. The van der Waals surface area contributed by atoms with Crippen LogP contribution in [0.4, 0.5) is 0 Å². The molecule has 1 heterocycles. The first-order valence-corrected chi connectivity index (χ1v) is 6.96. The summed E-state index contributed by atoms with van der Waals surface area (Å²) in [4.78, 5) is 11.6. The number of thiophene rings is 1. The first-order chi connectivity index (χ1) is 8.06. The summed E-state index contributed by atoms with van der Waals surface area (Å²) < 4.78 is 0.867. The molecule has 0 atom stereocenters. The Morgan fingerprint density at radius 2 is 2.06 bits per heavy atom. The maximum absolute atomic E-state index is 10.7. The van der Waals surface area contributed by atoms with Crippen molar-refractivity contribution in [1.82, 2.24) is 0 Å². The van der Waals surface area contributed by atoms with Crippen LogP contribution in [0.3, 0.4) is 0 Å². The van der Waals surface area contributed by atoms with E-state index in [2.05, 4.69) is 0 Å². The molecule has 2 nitrogen and oxygen atoms in total. The Balaban J connectivity index is 2.25. The van der Waals surface area contributed by atoms with Gasteiger partial charge in [0.25, 0.3) is 0 Å². The van der Waals surface area contributed by atoms with Crippen LogP contribution < -0.4 is 0 Å². The van der Waals surface area contributed by atoms with E-state index in [-0.39, 0.29) is 5.56 Å². The van der Waals surface area contributed by atoms with Gasteiger partial charge in [-0.05, 0) is 24.3 Å². The predicted molar refractivity (Wildman–Crippen MR) is 71.9 cm³/mol. The van der Waals surface area contributed by atoms with Gasteiger partial charge in [-0.15, -0.1) is 11.3 Å². The quantitative estimate of drug-likeness (QED) is 0.876. The third kappa shape index (κ3) is 3.16. The normalized spacial score (nSPS) is 10.5. The van der Waals surface area contributed by atoms with Gasteiger partial charge < -0.3 is 5.11 Å². The minimum Gasteiger partial charge on any atom is -0.478 e. The molecule has 2 rings (SSSR count). The third-order valence-electron chi connectivity index (χ3n) is 1.93. The predicted octanol–water partition coefficient (Wildman–Crippen LogP) is 4.90. The van der Waals surface area contributed by atoms with Crippen molar-refractivity contribution in [2.24, 2.45) is 0 Å². The van der Waals surface area contributed by atoms with Gasteiger partial charge in [0.05, 0.1) is 14.8 Å². The molecule has 0 aliphatic heterocycles. The molecule has 0 saturated heterocycles. The van der Waals surface area contributed by atoms with Crippen molar-refractivity contribution in [3.63, 3.8) is 0 Å². The van der Waals surface area contributed by atoms with Crippen LogP contribution in [0.25, 0.3) is 0 Å². The van der Waals surface area contributed by atoms with Crippen molar-refractivity contribution in [3.8, 4) is 0 Å². The topological polar surface area (TPSA) is 37.3 Å². The van der Waals surface area contributed by atoms with Crippen LogP contribution in [0.15, 0.2) is 38.8 Å². The number of benzene rings is 1. The number of carboxylic acid groups (broad SMARTS) is 1. The fraction of sp³-hybridized carbons (Fsp3) is 0. The summed E-state index contributed by atoms with van der Waals surface area (Å²) >= 11 is 14.7. The average Bonchev–Trinajstić information content (AvgIpc) is 2.72. The second kappa shape index (κ2) is 5.31. The van der Waals surface area contributed by atoms with Crippen LogP contribution in [0.1, 0.15) is 10.4 Å². The Hall–Kier alpha value is -0.680. The lowest BCUT2D eigenvalue weighted by Crippen LogP contribution is -1.91. The molecule has 0 saturated carbocycles. The van der Waals surface area contributed by atoms with Crippen LogP contribution in [-0.4, -0.2) is 11.1 Å². The molecule has 0 spiro atoms. The van der Waals surface area contributed by atoms with Gasteiger partial charge in [-0.1, -0.05) is 35.0 Å². The van der Waals surface area contributed by atoms with Crippen molar-refractivity contribution in [2.45, 2.75) is 9.10 Å². The second-order valence-corrected chi connectivity index (χ2v) is 6.23. The highest BCUT2D eigenvalue weighted by Crippen LogP contribution is 2.38. The smallest absolute Gasteiger partial charge is 0.336 e. The summed E-state index contributed by atoms with van der Waals surface area (Å²) in [6.07, 6.45) is 0. The Morgan fingerprint density at radius 1 is 1.29 bits per heavy atom. The Bertz CT molecular complexity index is 566. The number of carboxylic acids is 1. The summed E-state index contributed by atoms with van der Waals surface area (Å²) in [5.74, 6) is -0.926. The molecule has 1 N–H and O–H groups in total. The maximum atomic E-state index is 10.7. The molecule has 1 aromatic heterocycles. The van der Waals surface area contributed by atoms with E-state index < -0.39 is 5.97 Å². The van der Waals surface area contributed by atoms with Crippen molar-refractivity contribution in [1.29, 1.82) is 0 Å². The number of halogens is 2. The minimum absolute atomic E-state index is 0.288. The van der Waals surface area contributed by atoms with E-state index in [0.717, 1.165) is 9.10 Å². The lowest BCUT2D eigenvalue weighted by Gasteiger charge is -2.02. The van der Waals surface area contributed by atoms with E-state index in [1.807, 2.05) is 0 Å². The number of hydrogen-bond acceptors (Lipinski definition) is 3. The number of hydrogen-bond donors (Lipinski definition) is 1. The van der Waals surface area contributed by atoms with Gasteiger partial charge in [-0.3, -0.25) is 0 Å². The molecule has 0 amide bonds. The van der Waals surface area contributed by atoms with Gasteiger partial charge in [-0.2, -0.15) is 0 Å². The van der Waals surface area contributed by atoms with Crippen molar-refractivity contribution < 1.29 is 9.90 Å². The van der Waals surface area contributed by atoms with Crippen molar-refractivity contribution in [3.05, 3.63) is 45.3 Å². The molecule has 0 bridgehead atoms. The number of aromatic carboxylic acids is 1. The zero-order valence-corrected chi connectivity index (χ0v) is 11.5. The SMILES string of the molecule is O=C(O)c1csc(Sc2cc(Cl)ccc2Cl)c1. The molecule has 0 aliphatic carbocycles. The average molecular weight is 305 g/mol. The van der Waals surface area contributed by atoms with Gasteiger partial charge in [-0.25, -0.2) is 4.79 Å². The lowest BCUT2D eigenvalue weighted by molar-refractivity contribution is 0.0697. The summed E-state index contributed by atoms with van der Waals surface area (Å²) in [5.41, 5.74) is 0.288. The highest BCUT2D eigenvalue weighted by molar-refractivity contribution is 8.01. The molecule has 6 heteroatoms. The number of carbonyl (C=O) groups is 1. The van der Waals surface area contributed by atoms with Gasteiger partial charge in [0.2, 0.25) is 0 Å². The Kier molecular flexibility index (Phi) is 3.99. The van der Waals surface area contributed by atoms with Crippen LogP contribution in [-0.2, 0) is 0 Å². The van der Waals surface area contributed by atoms with Crippen LogP contribution >= 0.6 is 46.3 Å². The third-order valence-corrected chi connectivity index (χ3v) is 4.74. The zero-order valence-electron chi connectivity index (χ0n) is 8.31. The lowest BCUT2D eigenvalue weighted by atomic mass is 10.4. The molecule has 0 radical (unpaired) electrons. The van der Waals surface area contributed by atoms with E-state index in [0.29, 0.717) is 10.0 Å². The van der Waals surface area contributed by atoms with Crippen molar-refractivity contribution >= 4 is 52.3 Å². The standard InChI is InChI=1S/C11H6Cl2O2S2/c12-7-1-2-8(13)9(4-7)17-10-3-6(5-16-10)11(14)15/h1-5H,(H,14,15). The van der Waals surface area contributed by atoms with Gasteiger partial charge in [0.1, 0.15) is 0 Å².